The fraction of sp³-hybridized carbons (Fsp3) is 0.471. The van der Waals surface area contributed by atoms with E-state index in [2.05, 4.69) is 53.1 Å². The molecule has 1 fully saturated rings. The quantitative estimate of drug-likeness (QED) is 0.909. The summed E-state index contributed by atoms with van der Waals surface area (Å²) >= 11 is 0. The molecule has 1 saturated heterocycles. The molecule has 21 heavy (non-hydrogen) atoms. The molecule has 0 spiro atoms. The topological polar surface area (TPSA) is 44.0 Å². The zero-order valence-electron chi connectivity index (χ0n) is 13.2. The molecule has 4 nitrogen and oxygen atoms in total. The van der Waals surface area contributed by atoms with Gasteiger partial charge in [0.25, 0.3) is 0 Å². The number of nitrogens with one attached hydrogen (secondary N) is 2. The molecule has 0 unspecified atom stereocenters. The lowest BCUT2D eigenvalue weighted by atomic mass is 9.98. The summed E-state index contributed by atoms with van der Waals surface area (Å²) in [6, 6.07) is 4.47. The molecular weight excluding hydrogens is 260 g/mol. The molecule has 1 aromatic heterocycles. The van der Waals surface area contributed by atoms with Crippen molar-refractivity contribution in [1.82, 2.24) is 20.2 Å². The lowest BCUT2D eigenvalue weighted by Crippen LogP contribution is -2.43. The van der Waals surface area contributed by atoms with Gasteiger partial charge in [0, 0.05) is 31.7 Å². The number of aromatic nitrogens is 2. The lowest BCUT2D eigenvalue weighted by Gasteiger charge is -2.26. The van der Waals surface area contributed by atoms with Crippen molar-refractivity contribution in [3.05, 3.63) is 40.8 Å². The highest BCUT2D eigenvalue weighted by atomic mass is 15.2. The van der Waals surface area contributed by atoms with E-state index in [1.54, 1.807) is 0 Å². The molecule has 0 bridgehead atoms. The van der Waals surface area contributed by atoms with Crippen LogP contribution in [-0.2, 0) is 6.54 Å². The Balaban J connectivity index is 1.81. The van der Waals surface area contributed by atoms with Crippen molar-refractivity contribution in [2.24, 2.45) is 0 Å². The first-order valence-electron chi connectivity index (χ1n) is 7.68. The van der Waals surface area contributed by atoms with E-state index in [4.69, 9.17) is 0 Å². The van der Waals surface area contributed by atoms with Gasteiger partial charge in [0.2, 0.25) is 0 Å². The van der Waals surface area contributed by atoms with Gasteiger partial charge in [-0.2, -0.15) is 0 Å². The molecule has 2 aromatic rings. The SMILES string of the molecule is Cc1cc(C)c(-c2cnc(CN3CCNCC3)[nH]2)c(C)c1. The van der Waals surface area contributed by atoms with E-state index in [1.807, 2.05) is 6.20 Å². The Kier molecular flexibility index (Phi) is 4.08. The summed E-state index contributed by atoms with van der Waals surface area (Å²) in [6.45, 7) is 11.7. The van der Waals surface area contributed by atoms with Crippen LogP contribution in [0.5, 0.6) is 0 Å². The lowest BCUT2D eigenvalue weighted by molar-refractivity contribution is 0.228. The van der Waals surface area contributed by atoms with E-state index in [-0.39, 0.29) is 0 Å². The highest BCUT2D eigenvalue weighted by Crippen LogP contribution is 2.27. The Morgan fingerprint density at radius 3 is 2.43 bits per heavy atom. The number of imidazole rings is 1. The highest BCUT2D eigenvalue weighted by Gasteiger charge is 2.13. The monoisotopic (exact) mass is 284 g/mol. The van der Waals surface area contributed by atoms with E-state index in [9.17, 15) is 0 Å². The van der Waals surface area contributed by atoms with Gasteiger partial charge in [0.05, 0.1) is 18.4 Å². The normalized spacial score (nSPS) is 16.3. The predicted molar refractivity (Wildman–Crippen MR) is 86.4 cm³/mol. The molecule has 2 N–H and O–H groups in total. The number of H-pyrrole nitrogens is 1. The van der Waals surface area contributed by atoms with Gasteiger partial charge in [0.15, 0.2) is 0 Å². The third-order valence-electron chi connectivity index (χ3n) is 4.16. The molecule has 0 atom stereocenters. The van der Waals surface area contributed by atoms with Gasteiger partial charge in [-0.05, 0) is 31.9 Å². The van der Waals surface area contributed by atoms with Crippen molar-refractivity contribution >= 4 is 0 Å². The smallest absolute Gasteiger partial charge is 0.120 e. The molecule has 112 valence electrons. The fourth-order valence-corrected chi connectivity index (χ4v) is 3.26. The first-order chi connectivity index (χ1) is 10.1. The number of hydrogen-bond donors (Lipinski definition) is 2. The Bertz CT molecular complexity index is 600. The van der Waals surface area contributed by atoms with Crippen LogP contribution in [0.1, 0.15) is 22.5 Å². The van der Waals surface area contributed by atoms with E-state index < -0.39 is 0 Å². The summed E-state index contributed by atoms with van der Waals surface area (Å²) in [4.78, 5) is 10.5. The van der Waals surface area contributed by atoms with Gasteiger partial charge in [-0.15, -0.1) is 0 Å². The van der Waals surface area contributed by atoms with Gasteiger partial charge in [0.1, 0.15) is 5.82 Å². The average molecular weight is 284 g/mol. The van der Waals surface area contributed by atoms with Crippen LogP contribution >= 0.6 is 0 Å². The van der Waals surface area contributed by atoms with Crippen molar-refractivity contribution in [2.45, 2.75) is 27.3 Å². The van der Waals surface area contributed by atoms with Crippen molar-refractivity contribution in [3.63, 3.8) is 0 Å². The fourth-order valence-electron chi connectivity index (χ4n) is 3.26. The number of hydrogen-bond acceptors (Lipinski definition) is 3. The molecule has 0 aliphatic carbocycles. The van der Waals surface area contributed by atoms with Crippen LogP contribution < -0.4 is 5.32 Å². The van der Waals surface area contributed by atoms with Crippen LogP contribution in [0.4, 0.5) is 0 Å². The minimum Gasteiger partial charge on any atom is -0.341 e. The van der Waals surface area contributed by atoms with Gasteiger partial charge >= 0.3 is 0 Å². The highest BCUT2D eigenvalue weighted by molar-refractivity contribution is 5.67. The van der Waals surface area contributed by atoms with Gasteiger partial charge in [-0.25, -0.2) is 4.98 Å². The maximum Gasteiger partial charge on any atom is 0.120 e. The largest absolute Gasteiger partial charge is 0.341 e. The average Bonchev–Trinajstić information content (AvgIpc) is 2.87. The second-order valence-corrected chi connectivity index (χ2v) is 6.04. The van der Waals surface area contributed by atoms with E-state index >= 15 is 0 Å². The summed E-state index contributed by atoms with van der Waals surface area (Å²) in [5.74, 6) is 1.06. The first kappa shape index (κ1) is 14.3. The van der Waals surface area contributed by atoms with Crippen molar-refractivity contribution in [1.29, 1.82) is 0 Å². The predicted octanol–water partition coefficient (Wildman–Crippen LogP) is 2.41. The van der Waals surface area contributed by atoms with Crippen molar-refractivity contribution in [2.75, 3.05) is 26.2 Å². The minimum atomic E-state index is 0.908. The van der Waals surface area contributed by atoms with Crippen LogP contribution in [0.2, 0.25) is 0 Å². The molecular formula is C17H24N4. The first-order valence-corrected chi connectivity index (χ1v) is 7.68. The number of piperazine rings is 1. The third-order valence-corrected chi connectivity index (χ3v) is 4.16. The molecule has 0 saturated carbocycles. The molecule has 2 heterocycles. The van der Waals surface area contributed by atoms with Crippen LogP contribution in [0.3, 0.4) is 0 Å². The Hall–Kier alpha value is -1.65. The van der Waals surface area contributed by atoms with Crippen LogP contribution in [0, 0.1) is 20.8 Å². The van der Waals surface area contributed by atoms with Gasteiger partial charge in [-0.1, -0.05) is 17.7 Å². The maximum atomic E-state index is 4.57. The summed E-state index contributed by atoms with van der Waals surface area (Å²) < 4.78 is 0. The second-order valence-electron chi connectivity index (χ2n) is 6.04. The van der Waals surface area contributed by atoms with Crippen LogP contribution in [-0.4, -0.2) is 41.0 Å². The van der Waals surface area contributed by atoms with Crippen molar-refractivity contribution in [3.8, 4) is 11.3 Å². The summed E-state index contributed by atoms with van der Waals surface area (Å²) in [5, 5.41) is 3.38. The van der Waals surface area contributed by atoms with Gasteiger partial charge in [-0.3, -0.25) is 4.90 Å². The van der Waals surface area contributed by atoms with Crippen molar-refractivity contribution < 1.29 is 0 Å². The van der Waals surface area contributed by atoms with Crippen LogP contribution in [0.15, 0.2) is 18.3 Å². The van der Waals surface area contributed by atoms with Gasteiger partial charge < -0.3 is 10.3 Å². The standard InChI is InChI=1S/C17H24N4/c1-12-8-13(2)17(14(3)9-12)15-10-19-16(20-15)11-21-6-4-18-5-7-21/h8-10,18H,4-7,11H2,1-3H3,(H,19,20). The zero-order chi connectivity index (χ0) is 14.8. The number of aromatic amines is 1. The Morgan fingerprint density at radius 1 is 1.10 bits per heavy atom. The number of rotatable bonds is 3. The van der Waals surface area contributed by atoms with E-state index in [0.717, 1.165) is 44.2 Å². The minimum absolute atomic E-state index is 0.908. The molecule has 3 rings (SSSR count). The van der Waals surface area contributed by atoms with Crippen LogP contribution in [0.25, 0.3) is 11.3 Å². The Morgan fingerprint density at radius 2 is 1.76 bits per heavy atom. The summed E-state index contributed by atoms with van der Waals surface area (Å²) in [5.41, 5.74) is 6.36. The Labute approximate surface area is 126 Å². The molecule has 1 aliphatic heterocycles. The summed E-state index contributed by atoms with van der Waals surface area (Å²) in [7, 11) is 0. The molecule has 0 radical (unpaired) electrons. The molecule has 1 aromatic carbocycles. The number of nitrogens with zero attached hydrogens (tertiary/aromatic N) is 2. The summed E-state index contributed by atoms with van der Waals surface area (Å²) in [6.07, 6.45) is 1.97. The maximum absolute atomic E-state index is 4.57. The zero-order valence-corrected chi connectivity index (χ0v) is 13.2. The number of aryl methyl sites for hydroxylation is 3. The third kappa shape index (κ3) is 3.17. The molecule has 0 amide bonds. The van der Waals surface area contributed by atoms with E-state index in [1.165, 1.54) is 22.3 Å². The second kappa shape index (κ2) is 6.00. The molecule has 4 heteroatoms. The van der Waals surface area contributed by atoms with E-state index in [0.29, 0.717) is 0 Å². The molecule has 1 aliphatic rings. The number of benzene rings is 1.